The van der Waals surface area contributed by atoms with Gasteiger partial charge in [-0.15, -0.1) is 6.58 Å². The minimum absolute atomic E-state index is 1.15. The molecule has 0 N–H and O–H groups in total. The van der Waals surface area contributed by atoms with Gasteiger partial charge in [-0.1, -0.05) is 43.2 Å². The zero-order valence-electron chi connectivity index (χ0n) is 11.0. The lowest BCUT2D eigenvalue weighted by Crippen LogP contribution is -1.77. The van der Waals surface area contributed by atoms with Crippen molar-refractivity contribution in [2.45, 2.75) is 64.7 Å². The van der Waals surface area contributed by atoms with E-state index in [1.165, 1.54) is 51.4 Å². The molecule has 0 aliphatic heterocycles. The first-order valence-electron chi connectivity index (χ1n) is 6.79. The molecule has 0 aliphatic rings. The van der Waals surface area contributed by atoms with Gasteiger partial charge in [0.1, 0.15) is 0 Å². The Labute approximate surface area is 102 Å². The van der Waals surface area contributed by atoms with Crippen LogP contribution in [0.15, 0.2) is 37.0 Å². The van der Waals surface area contributed by atoms with Gasteiger partial charge in [0.25, 0.3) is 0 Å². The molecule has 0 fully saturated rings. The van der Waals surface area contributed by atoms with Crippen LogP contribution in [0.1, 0.15) is 64.7 Å². The first-order chi connectivity index (χ1) is 7.91. The van der Waals surface area contributed by atoms with E-state index in [0.29, 0.717) is 0 Å². The molecule has 0 amide bonds. The van der Waals surface area contributed by atoms with Crippen LogP contribution in [0.3, 0.4) is 0 Å². The van der Waals surface area contributed by atoms with Crippen LogP contribution in [-0.4, -0.2) is 0 Å². The lowest BCUT2D eigenvalue weighted by atomic mass is 10.1. The molecule has 0 aromatic carbocycles. The predicted molar refractivity (Wildman–Crippen MR) is 75.7 cm³/mol. The minimum atomic E-state index is 1.15. The molecule has 92 valence electrons. The van der Waals surface area contributed by atoms with E-state index >= 15 is 0 Å². The molecular weight excluding hydrogens is 192 g/mol. The SMILES string of the molecule is C=CCCCC=CCCCCCCC=CC. The minimum Gasteiger partial charge on any atom is -0.103 e. The van der Waals surface area contributed by atoms with E-state index in [1.807, 2.05) is 6.08 Å². The third-order valence-corrected chi connectivity index (χ3v) is 2.67. The summed E-state index contributed by atoms with van der Waals surface area (Å²) in [6.07, 6.45) is 22.7. The molecule has 0 nitrogen and oxygen atoms in total. The fourth-order valence-electron chi connectivity index (χ4n) is 1.66. The van der Waals surface area contributed by atoms with E-state index in [4.69, 9.17) is 0 Å². The zero-order valence-corrected chi connectivity index (χ0v) is 11.0. The topological polar surface area (TPSA) is 0 Å². The summed E-state index contributed by atoms with van der Waals surface area (Å²) in [5, 5.41) is 0. The third-order valence-electron chi connectivity index (χ3n) is 2.67. The number of rotatable bonds is 11. The lowest BCUT2D eigenvalue weighted by Gasteiger charge is -1.96. The number of hydrogen-bond acceptors (Lipinski definition) is 0. The summed E-state index contributed by atoms with van der Waals surface area (Å²) in [6.45, 7) is 5.82. The van der Waals surface area contributed by atoms with Crippen molar-refractivity contribution in [3.05, 3.63) is 37.0 Å². The normalized spacial score (nSPS) is 11.6. The van der Waals surface area contributed by atoms with Crippen LogP contribution < -0.4 is 0 Å². The molecule has 0 heteroatoms. The van der Waals surface area contributed by atoms with Gasteiger partial charge in [0.05, 0.1) is 0 Å². The summed E-state index contributed by atoms with van der Waals surface area (Å²) in [6, 6.07) is 0. The molecule has 0 spiro atoms. The van der Waals surface area contributed by atoms with Gasteiger partial charge in [-0.25, -0.2) is 0 Å². The first-order valence-corrected chi connectivity index (χ1v) is 6.79. The maximum absolute atomic E-state index is 3.72. The van der Waals surface area contributed by atoms with Crippen LogP contribution in [-0.2, 0) is 0 Å². The van der Waals surface area contributed by atoms with Gasteiger partial charge in [-0.2, -0.15) is 0 Å². The zero-order chi connectivity index (χ0) is 11.9. The molecule has 0 unspecified atom stereocenters. The summed E-state index contributed by atoms with van der Waals surface area (Å²) in [4.78, 5) is 0. The third kappa shape index (κ3) is 13.2. The first kappa shape index (κ1) is 15.2. The molecule has 16 heavy (non-hydrogen) atoms. The van der Waals surface area contributed by atoms with Gasteiger partial charge in [0.2, 0.25) is 0 Å². The second-order valence-electron chi connectivity index (χ2n) is 4.25. The van der Waals surface area contributed by atoms with Crippen molar-refractivity contribution in [1.29, 1.82) is 0 Å². The predicted octanol–water partition coefficient (Wildman–Crippen LogP) is 5.82. The monoisotopic (exact) mass is 220 g/mol. The van der Waals surface area contributed by atoms with Crippen LogP contribution in [0, 0.1) is 0 Å². The average molecular weight is 220 g/mol. The fraction of sp³-hybridized carbons (Fsp3) is 0.625. The number of allylic oxidation sites excluding steroid dienone is 5. The standard InChI is InChI=1S/C16H28/c1-3-5-7-9-11-13-15-16-14-12-10-8-6-4-2/h3-4,6,11,13H,1,5,7-10,12,14-16H2,2H3. The number of unbranched alkanes of at least 4 members (excludes halogenated alkanes) is 7. The number of hydrogen-bond donors (Lipinski definition) is 0. The summed E-state index contributed by atoms with van der Waals surface area (Å²) in [7, 11) is 0. The van der Waals surface area contributed by atoms with Crippen molar-refractivity contribution in [3.63, 3.8) is 0 Å². The molecular formula is C16H28. The molecule has 0 rings (SSSR count). The Morgan fingerprint density at radius 2 is 1.25 bits per heavy atom. The molecule has 0 heterocycles. The van der Waals surface area contributed by atoms with Crippen molar-refractivity contribution in [3.8, 4) is 0 Å². The molecule has 0 atom stereocenters. The van der Waals surface area contributed by atoms with Gasteiger partial charge in [0.15, 0.2) is 0 Å². The van der Waals surface area contributed by atoms with Crippen molar-refractivity contribution < 1.29 is 0 Å². The van der Waals surface area contributed by atoms with E-state index in [0.717, 1.165) is 6.42 Å². The Hall–Kier alpha value is -0.780. The maximum Gasteiger partial charge on any atom is -0.0348 e. The van der Waals surface area contributed by atoms with Crippen molar-refractivity contribution >= 4 is 0 Å². The van der Waals surface area contributed by atoms with E-state index in [1.54, 1.807) is 0 Å². The van der Waals surface area contributed by atoms with Crippen LogP contribution in [0.2, 0.25) is 0 Å². The van der Waals surface area contributed by atoms with Gasteiger partial charge in [0, 0.05) is 0 Å². The molecule has 0 saturated heterocycles. The summed E-state index contributed by atoms with van der Waals surface area (Å²) in [5.41, 5.74) is 0. The molecule has 0 saturated carbocycles. The van der Waals surface area contributed by atoms with Crippen LogP contribution in [0.5, 0.6) is 0 Å². The quantitative estimate of drug-likeness (QED) is 0.304. The van der Waals surface area contributed by atoms with Crippen LogP contribution in [0.25, 0.3) is 0 Å². The van der Waals surface area contributed by atoms with E-state index < -0.39 is 0 Å². The Kier molecular flexibility index (Phi) is 13.5. The van der Waals surface area contributed by atoms with E-state index in [2.05, 4.69) is 37.8 Å². The summed E-state index contributed by atoms with van der Waals surface area (Å²) < 4.78 is 0. The highest BCUT2D eigenvalue weighted by atomic mass is 13.9. The van der Waals surface area contributed by atoms with Gasteiger partial charge in [-0.3, -0.25) is 0 Å². The highest BCUT2D eigenvalue weighted by Gasteiger charge is 1.87. The average Bonchev–Trinajstić information content (AvgIpc) is 2.31. The van der Waals surface area contributed by atoms with Crippen LogP contribution in [0.4, 0.5) is 0 Å². The second-order valence-corrected chi connectivity index (χ2v) is 4.25. The smallest absolute Gasteiger partial charge is 0.0348 e. The fourth-order valence-corrected chi connectivity index (χ4v) is 1.66. The van der Waals surface area contributed by atoms with Crippen molar-refractivity contribution in [2.24, 2.45) is 0 Å². The largest absolute Gasteiger partial charge is 0.103 e. The van der Waals surface area contributed by atoms with Crippen LogP contribution >= 0.6 is 0 Å². The second kappa shape index (κ2) is 14.2. The Morgan fingerprint density at radius 3 is 1.81 bits per heavy atom. The van der Waals surface area contributed by atoms with Gasteiger partial charge >= 0.3 is 0 Å². The Morgan fingerprint density at radius 1 is 0.688 bits per heavy atom. The molecule has 0 radical (unpaired) electrons. The van der Waals surface area contributed by atoms with E-state index in [9.17, 15) is 0 Å². The highest BCUT2D eigenvalue weighted by molar-refractivity contribution is 4.82. The van der Waals surface area contributed by atoms with E-state index in [-0.39, 0.29) is 0 Å². The van der Waals surface area contributed by atoms with Crippen molar-refractivity contribution in [2.75, 3.05) is 0 Å². The lowest BCUT2D eigenvalue weighted by molar-refractivity contribution is 0.651. The molecule has 0 aromatic heterocycles. The summed E-state index contributed by atoms with van der Waals surface area (Å²) >= 11 is 0. The Bertz CT molecular complexity index is 186. The van der Waals surface area contributed by atoms with Gasteiger partial charge in [-0.05, 0) is 51.9 Å². The summed E-state index contributed by atoms with van der Waals surface area (Å²) in [5.74, 6) is 0. The molecule has 0 aliphatic carbocycles. The molecule has 0 bridgehead atoms. The maximum atomic E-state index is 3.72. The Balaban J connectivity index is 3.05. The molecule has 0 aromatic rings. The van der Waals surface area contributed by atoms with Crippen molar-refractivity contribution in [1.82, 2.24) is 0 Å². The van der Waals surface area contributed by atoms with Gasteiger partial charge < -0.3 is 0 Å². The highest BCUT2D eigenvalue weighted by Crippen LogP contribution is 2.07.